The van der Waals surface area contributed by atoms with Crippen LogP contribution in [0.15, 0.2) is 21.5 Å². The predicted molar refractivity (Wildman–Crippen MR) is 113 cm³/mol. The second-order valence-electron chi connectivity index (χ2n) is 6.99. The van der Waals surface area contributed by atoms with Crippen molar-refractivity contribution in [3.05, 3.63) is 92.2 Å². The van der Waals surface area contributed by atoms with E-state index in [1.54, 1.807) is 4.57 Å². The van der Waals surface area contributed by atoms with E-state index in [0.29, 0.717) is 5.71 Å². The number of fused-ring (bicyclic) bond motifs is 1. The summed E-state index contributed by atoms with van der Waals surface area (Å²) in [6.07, 6.45) is 27.0. The molecule has 4 nitrogen and oxygen atoms in total. The van der Waals surface area contributed by atoms with Gasteiger partial charge in [0.15, 0.2) is 0 Å². The number of furan rings is 1. The molecule has 2 fully saturated rings. The molecule has 0 N–H and O–H groups in total. The first-order valence-corrected chi connectivity index (χ1v) is 10.2. The summed E-state index contributed by atoms with van der Waals surface area (Å²) in [5.74, 6) is 1.77. The third kappa shape index (κ3) is 7.60. The first kappa shape index (κ1) is 24.2. The van der Waals surface area contributed by atoms with Crippen LogP contribution in [-0.4, -0.2) is 9.55 Å². The monoisotopic (exact) mass is 432 g/mol. The Morgan fingerprint density at radius 2 is 1.52 bits per heavy atom. The van der Waals surface area contributed by atoms with Crippen molar-refractivity contribution < 1.29 is 21.5 Å². The molecule has 2 heterocycles. The molecule has 2 aliphatic rings. The van der Waals surface area contributed by atoms with Gasteiger partial charge in [0.05, 0.1) is 5.39 Å². The largest absolute Gasteiger partial charge is 2.00 e. The molecule has 0 bridgehead atoms. The molecule has 0 aliphatic heterocycles. The topological polar surface area (TPSA) is 48.0 Å². The van der Waals surface area contributed by atoms with E-state index < -0.39 is 0 Å². The van der Waals surface area contributed by atoms with Crippen molar-refractivity contribution in [1.29, 1.82) is 0 Å². The molecule has 2 aromatic heterocycles. The average molecular weight is 432 g/mol. The first-order valence-electron chi connectivity index (χ1n) is 10.2. The van der Waals surface area contributed by atoms with Gasteiger partial charge in [-0.25, -0.2) is 4.79 Å². The van der Waals surface area contributed by atoms with E-state index in [9.17, 15) is 4.79 Å². The van der Waals surface area contributed by atoms with Crippen molar-refractivity contribution in [2.75, 3.05) is 0 Å². The second-order valence-corrected chi connectivity index (χ2v) is 6.99. The second kappa shape index (κ2) is 13.3. The maximum Gasteiger partial charge on any atom is 2.00 e. The van der Waals surface area contributed by atoms with Crippen LogP contribution in [0.3, 0.4) is 0 Å². The number of nitrogens with zero attached hydrogens (tertiary/aromatic N) is 2. The van der Waals surface area contributed by atoms with Gasteiger partial charge in [-0.15, -0.1) is 0 Å². The van der Waals surface area contributed by atoms with Crippen LogP contribution in [0.2, 0.25) is 0 Å². The third-order valence-electron chi connectivity index (χ3n) is 4.73. The van der Waals surface area contributed by atoms with E-state index in [0.717, 1.165) is 36.5 Å². The fourth-order valence-corrected chi connectivity index (χ4v) is 3.17. The van der Waals surface area contributed by atoms with Gasteiger partial charge in [0.1, 0.15) is 5.76 Å². The number of aryl methyl sites for hydroxylation is 1. The molecule has 4 rings (SSSR count). The minimum atomic E-state index is -0.227. The number of hydrogen-bond acceptors (Lipinski definition) is 3. The van der Waals surface area contributed by atoms with Crippen molar-refractivity contribution in [2.45, 2.75) is 52.0 Å². The normalized spacial score (nSPS) is 16.6. The number of rotatable bonds is 8. The Bertz CT molecular complexity index is 750. The molecule has 0 saturated heterocycles. The van der Waals surface area contributed by atoms with Crippen LogP contribution in [0.5, 0.6) is 0 Å². The van der Waals surface area contributed by atoms with Crippen LogP contribution >= 0.6 is 0 Å². The van der Waals surface area contributed by atoms with Gasteiger partial charge in [0.2, 0.25) is 5.71 Å². The van der Waals surface area contributed by atoms with Crippen LogP contribution in [-0.2, 0) is 23.6 Å². The van der Waals surface area contributed by atoms with Gasteiger partial charge in [-0.05, 0) is 70.3 Å². The Morgan fingerprint density at radius 3 is 2.17 bits per heavy atom. The molecular formula is C24H28FeN2O2+2. The molecule has 0 unspecified atom stereocenters. The van der Waals surface area contributed by atoms with Gasteiger partial charge in [-0.1, -0.05) is 39.0 Å². The van der Waals surface area contributed by atoms with Crippen LogP contribution in [0.4, 0.5) is 0 Å². The zero-order valence-corrected chi connectivity index (χ0v) is 18.0. The molecule has 2 saturated carbocycles. The summed E-state index contributed by atoms with van der Waals surface area (Å²) in [4.78, 5) is 16.2. The molecule has 29 heavy (non-hydrogen) atoms. The Hall–Kier alpha value is -1.06. The summed E-state index contributed by atoms with van der Waals surface area (Å²) in [6, 6.07) is 1.95. The number of unbranched alkanes of at least 4 members (excludes halogenated alkanes) is 5. The smallest absolute Gasteiger partial charge is 0.442 e. The minimum Gasteiger partial charge on any atom is -0.442 e. The first-order chi connectivity index (χ1) is 13.8. The van der Waals surface area contributed by atoms with E-state index in [2.05, 4.69) is 11.9 Å². The zero-order valence-electron chi connectivity index (χ0n) is 16.9. The minimum absolute atomic E-state index is 0. The van der Waals surface area contributed by atoms with Gasteiger partial charge in [0, 0.05) is 18.7 Å². The fourth-order valence-electron chi connectivity index (χ4n) is 3.17. The summed E-state index contributed by atoms with van der Waals surface area (Å²) in [5, 5.41) is 0.881. The van der Waals surface area contributed by atoms with Crippen LogP contribution in [0.1, 0.15) is 51.2 Å². The maximum absolute atomic E-state index is 12.1. The molecule has 0 amide bonds. The predicted octanol–water partition coefficient (Wildman–Crippen LogP) is 5.12. The molecule has 0 aromatic carbocycles. The Kier molecular flexibility index (Phi) is 11.1. The molecule has 0 spiro atoms. The van der Waals surface area contributed by atoms with E-state index in [-0.39, 0.29) is 22.8 Å². The average Bonchev–Trinajstić information content (AvgIpc) is 3.47. The van der Waals surface area contributed by atoms with Crippen LogP contribution < -0.4 is 5.69 Å². The summed E-state index contributed by atoms with van der Waals surface area (Å²) < 4.78 is 7.39. The van der Waals surface area contributed by atoms with Gasteiger partial charge in [-0.3, -0.25) is 4.57 Å². The molecule has 5 heteroatoms. The Morgan fingerprint density at radius 1 is 0.897 bits per heavy atom. The zero-order chi connectivity index (χ0) is 19.6. The van der Waals surface area contributed by atoms with Gasteiger partial charge in [-0.2, -0.15) is 4.98 Å². The standard InChI is InChI=1S/C19H23N2O2.C5H5.Fe/c1-2-3-4-5-6-9-12-21-14-16-13-17(15-10-7-8-11-15)23-18(16)20-19(21)22;1-2-4-5-3-1;/h7-8,10-11,13-14H,2-6,9,12H2,1H3;1-5H;/q;;+2. The van der Waals surface area contributed by atoms with Crippen molar-refractivity contribution in [2.24, 2.45) is 0 Å². The number of hydrogen-bond donors (Lipinski definition) is 0. The summed E-state index contributed by atoms with van der Waals surface area (Å²) in [7, 11) is 0. The van der Waals surface area contributed by atoms with E-state index in [1.165, 1.54) is 25.7 Å². The fraction of sp³-hybridized carbons (Fsp3) is 0.333. The summed E-state index contributed by atoms with van der Waals surface area (Å²) >= 11 is 0. The Balaban J connectivity index is 0.000000437. The van der Waals surface area contributed by atoms with Crippen molar-refractivity contribution in [1.82, 2.24) is 9.55 Å². The molecule has 152 valence electrons. The van der Waals surface area contributed by atoms with Crippen molar-refractivity contribution >= 4 is 11.1 Å². The third-order valence-corrected chi connectivity index (χ3v) is 4.73. The van der Waals surface area contributed by atoms with E-state index in [4.69, 9.17) is 4.42 Å². The van der Waals surface area contributed by atoms with Crippen LogP contribution in [0.25, 0.3) is 11.1 Å². The van der Waals surface area contributed by atoms with E-state index >= 15 is 0 Å². The molecule has 10 radical (unpaired) electrons. The van der Waals surface area contributed by atoms with E-state index in [1.807, 2.05) is 70.1 Å². The van der Waals surface area contributed by atoms with Crippen LogP contribution in [0, 0.1) is 63.7 Å². The van der Waals surface area contributed by atoms with Crippen molar-refractivity contribution in [3.8, 4) is 0 Å². The maximum atomic E-state index is 12.1. The summed E-state index contributed by atoms with van der Waals surface area (Å²) in [5.41, 5.74) is 0.194. The molecule has 0 atom stereocenters. The molecule has 2 aromatic rings. The van der Waals surface area contributed by atoms with Gasteiger partial charge < -0.3 is 4.42 Å². The Labute approximate surface area is 186 Å². The van der Waals surface area contributed by atoms with Gasteiger partial charge in [0.25, 0.3) is 0 Å². The summed E-state index contributed by atoms with van der Waals surface area (Å²) in [6.45, 7) is 2.94. The van der Waals surface area contributed by atoms with Crippen molar-refractivity contribution in [3.63, 3.8) is 0 Å². The molecular weight excluding hydrogens is 404 g/mol. The van der Waals surface area contributed by atoms with Gasteiger partial charge >= 0.3 is 22.8 Å². The molecule has 2 aliphatic carbocycles. The quantitative estimate of drug-likeness (QED) is 0.430. The number of aromatic nitrogens is 2. The SMILES string of the molecule is CCCCCCCCn1cc2cc([C]3[CH][CH][CH][CH]3)oc2nc1=O.[CH]1[CH][CH][CH][CH]1.[Fe+2].